The molecule has 7 nitrogen and oxygen atoms in total. The molecule has 2 N–H and O–H groups in total. The zero-order valence-corrected chi connectivity index (χ0v) is 19.8. The summed E-state index contributed by atoms with van der Waals surface area (Å²) < 4.78 is 0. The fourth-order valence-electron chi connectivity index (χ4n) is 3.50. The molecule has 0 spiro atoms. The second-order valence-corrected chi connectivity index (χ2v) is 8.32. The molecule has 4 aromatic rings. The van der Waals surface area contributed by atoms with Crippen LogP contribution in [0.3, 0.4) is 0 Å². The minimum Gasteiger partial charge on any atom is -0.378 e. The quantitative estimate of drug-likeness (QED) is 0.312. The van der Waals surface area contributed by atoms with E-state index < -0.39 is 0 Å². The maximum atomic E-state index is 13.0. The molecule has 0 fully saturated rings. The van der Waals surface area contributed by atoms with E-state index in [9.17, 15) is 4.79 Å². The molecule has 4 rings (SSSR count). The summed E-state index contributed by atoms with van der Waals surface area (Å²) in [5, 5.41) is 5.01. The zero-order chi connectivity index (χ0) is 24.1. The molecule has 7 heteroatoms. The Hall–Kier alpha value is -4.39. The number of fused-ring (bicyclic) bond motifs is 1. The third kappa shape index (κ3) is 5.15. The van der Waals surface area contributed by atoms with E-state index in [4.69, 9.17) is 0 Å². The van der Waals surface area contributed by atoms with Crippen LogP contribution in [0.1, 0.15) is 21.6 Å². The number of carbonyl (C=O) groups is 1. The molecule has 0 radical (unpaired) electrons. The maximum Gasteiger partial charge on any atom is 0.290 e. The molecule has 0 bridgehead atoms. The van der Waals surface area contributed by atoms with E-state index in [1.165, 1.54) is 0 Å². The number of hydrazone groups is 1. The molecule has 0 aliphatic rings. The number of hydrogen-bond acceptors (Lipinski definition) is 5. The molecule has 0 saturated carbocycles. The lowest BCUT2D eigenvalue weighted by molar-refractivity contribution is 0.0951. The number of hydrogen-bond donors (Lipinski definition) is 2. The summed E-state index contributed by atoms with van der Waals surface area (Å²) in [6.07, 6.45) is 3.39. The Morgan fingerprint density at radius 2 is 1.35 bits per heavy atom. The number of anilines is 2. The van der Waals surface area contributed by atoms with Gasteiger partial charge < -0.3 is 14.8 Å². The van der Waals surface area contributed by atoms with Gasteiger partial charge in [0.25, 0.3) is 5.91 Å². The second kappa shape index (κ2) is 10.0. The summed E-state index contributed by atoms with van der Waals surface area (Å²) in [5.74, 6) is -0.354. The molecular formula is C27H28N6O. The van der Waals surface area contributed by atoms with Gasteiger partial charge in [-0.1, -0.05) is 42.5 Å². The van der Waals surface area contributed by atoms with Gasteiger partial charge in [-0.05, 0) is 41.5 Å². The van der Waals surface area contributed by atoms with Crippen molar-refractivity contribution in [1.82, 2.24) is 10.4 Å². The third-order valence-electron chi connectivity index (χ3n) is 5.45. The molecule has 0 unspecified atom stereocenters. The second-order valence-electron chi connectivity index (χ2n) is 8.32. The molecule has 0 aliphatic carbocycles. The topological polar surface area (TPSA) is 76.1 Å². The minimum atomic E-state index is -0.354. The lowest BCUT2D eigenvalue weighted by atomic mass is 10.2. The summed E-state index contributed by atoms with van der Waals surface area (Å²) in [6, 6.07) is 23.7. The molecule has 1 heterocycles. The lowest BCUT2D eigenvalue weighted by Gasteiger charge is -2.11. The van der Waals surface area contributed by atoms with Crippen LogP contribution in [0.4, 0.5) is 17.1 Å². The summed E-state index contributed by atoms with van der Waals surface area (Å²) in [4.78, 5) is 24.9. The Labute approximate surface area is 199 Å². The van der Waals surface area contributed by atoms with Crippen molar-refractivity contribution >= 4 is 46.3 Å². The van der Waals surface area contributed by atoms with Gasteiger partial charge in [0.2, 0.25) is 0 Å². The van der Waals surface area contributed by atoms with Gasteiger partial charge in [0.15, 0.2) is 0 Å². The van der Waals surface area contributed by atoms with Gasteiger partial charge in [-0.25, -0.2) is 5.43 Å². The Kier molecular flexibility index (Phi) is 6.73. The molecule has 0 atom stereocenters. The van der Waals surface area contributed by atoms with E-state index in [2.05, 4.69) is 20.5 Å². The summed E-state index contributed by atoms with van der Waals surface area (Å²) >= 11 is 0. The number of nitrogens with zero attached hydrogens (tertiary/aromatic N) is 4. The molecule has 172 valence electrons. The zero-order valence-electron chi connectivity index (χ0n) is 19.8. The Morgan fingerprint density at radius 1 is 0.794 bits per heavy atom. The number of H-pyrrole nitrogens is 1. The van der Waals surface area contributed by atoms with E-state index in [0.29, 0.717) is 11.4 Å². The average Bonchev–Trinajstić information content (AvgIpc) is 3.22. The first-order chi connectivity index (χ1) is 16.4. The van der Waals surface area contributed by atoms with Crippen molar-refractivity contribution in [2.24, 2.45) is 10.1 Å². The monoisotopic (exact) mass is 452 g/mol. The third-order valence-corrected chi connectivity index (χ3v) is 5.45. The van der Waals surface area contributed by atoms with E-state index in [1.54, 1.807) is 12.4 Å². The highest BCUT2D eigenvalue weighted by Crippen LogP contribution is 2.30. The predicted octanol–water partition coefficient (Wildman–Crippen LogP) is 4.81. The van der Waals surface area contributed by atoms with Crippen molar-refractivity contribution in [3.63, 3.8) is 0 Å². The Balaban J connectivity index is 1.56. The Bertz CT molecular complexity index is 1330. The number of carbonyl (C=O) groups excluding carboxylic acids is 1. The number of rotatable bonds is 7. The van der Waals surface area contributed by atoms with Crippen LogP contribution in [0.5, 0.6) is 0 Å². The number of amides is 1. The maximum absolute atomic E-state index is 13.0. The first-order valence-corrected chi connectivity index (χ1v) is 11.0. The molecule has 1 aromatic heterocycles. The Morgan fingerprint density at radius 3 is 1.94 bits per heavy atom. The average molecular weight is 453 g/mol. The van der Waals surface area contributed by atoms with Crippen LogP contribution >= 0.6 is 0 Å². The summed E-state index contributed by atoms with van der Waals surface area (Å²) in [7, 11) is 7.98. The van der Waals surface area contributed by atoms with Gasteiger partial charge in [0.05, 0.1) is 6.21 Å². The number of para-hydroxylation sites is 1. The van der Waals surface area contributed by atoms with Gasteiger partial charge >= 0.3 is 0 Å². The summed E-state index contributed by atoms with van der Waals surface area (Å²) in [6.45, 7) is 0. The van der Waals surface area contributed by atoms with E-state index in [-0.39, 0.29) is 5.91 Å². The van der Waals surface area contributed by atoms with Crippen LogP contribution in [-0.2, 0) is 0 Å². The fourth-order valence-corrected chi connectivity index (χ4v) is 3.50. The molecule has 0 aliphatic heterocycles. The van der Waals surface area contributed by atoms with Crippen molar-refractivity contribution in [1.29, 1.82) is 0 Å². The number of aromatic nitrogens is 1. The molecule has 3 aromatic carbocycles. The highest BCUT2D eigenvalue weighted by Gasteiger charge is 2.16. The summed E-state index contributed by atoms with van der Waals surface area (Å²) in [5.41, 5.74) is 8.44. The van der Waals surface area contributed by atoms with Crippen LogP contribution in [-0.4, -0.2) is 51.5 Å². The van der Waals surface area contributed by atoms with Crippen molar-refractivity contribution in [3.8, 4) is 0 Å². The minimum absolute atomic E-state index is 0.354. The lowest BCUT2D eigenvalue weighted by Crippen LogP contribution is -2.18. The smallest absolute Gasteiger partial charge is 0.290 e. The normalized spacial score (nSPS) is 11.4. The van der Waals surface area contributed by atoms with Gasteiger partial charge in [0, 0.05) is 56.7 Å². The SMILES string of the molecule is CN(C)c1ccc(C=Nc2c(C(=O)N/N=C/c3ccc(N(C)C)cc3)[nH]c3ccccc23)cc1. The standard InChI is InChI=1S/C27H28N6O/c1-32(2)21-13-9-19(10-14-21)17-28-25-23-7-5-6-8-24(23)30-26(25)27(34)31-29-18-20-11-15-22(16-12-20)33(3)4/h5-18,30H,1-4H3,(H,31,34)/b28-17?,29-18+. The molecular weight excluding hydrogens is 424 g/mol. The number of nitrogens with one attached hydrogen (secondary N) is 2. The number of aliphatic imine (C=N–C) groups is 1. The van der Waals surface area contributed by atoms with E-state index >= 15 is 0 Å². The van der Waals surface area contributed by atoms with Crippen molar-refractivity contribution in [2.75, 3.05) is 38.0 Å². The number of aromatic amines is 1. The first kappa shape index (κ1) is 22.8. The van der Waals surface area contributed by atoms with Gasteiger partial charge in [-0.15, -0.1) is 0 Å². The molecule has 34 heavy (non-hydrogen) atoms. The van der Waals surface area contributed by atoms with Crippen molar-refractivity contribution < 1.29 is 4.79 Å². The van der Waals surface area contributed by atoms with Crippen LogP contribution in [0.25, 0.3) is 10.9 Å². The van der Waals surface area contributed by atoms with Crippen molar-refractivity contribution in [3.05, 3.63) is 89.6 Å². The predicted molar refractivity (Wildman–Crippen MR) is 142 cm³/mol. The van der Waals surface area contributed by atoms with Crippen LogP contribution < -0.4 is 15.2 Å². The van der Waals surface area contributed by atoms with Crippen LogP contribution in [0, 0.1) is 0 Å². The van der Waals surface area contributed by atoms with Gasteiger partial charge in [-0.3, -0.25) is 9.79 Å². The molecule has 1 amide bonds. The van der Waals surface area contributed by atoms with Crippen LogP contribution in [0.15, 0.2) is 82.9 Å². The van der Waals surface area contributed by atoms with Crippen LogP contribution in [0.2, 0.25) is 0 Å². The van der Waals surface area contributed by atoms with E-state index in [0.717, 1.165) is 33.4 Å². The van der Waals surface area contributed by atoms with E-state index in [1.807, 2.05) is 111 Å². The molecule has 0 saturated heterocycles. The first-order valence-electron chi connectivity index (χ1n) is 11.0. The van der Waals surface area contributed by atoms with Gasteiger partial charge in [-0.2, -0.15) is 5.10 Å². The highest BCUT2D eigenvalue weighted by atomic mass is 16.2. The largest absolute Gasteiger partial charge is 0.378 e. The highest BCUT2D eigenvalue weighted by molar-refractivity contribution is 6.08. The fraction of sp³-hybridized carbons (Fsp3) is 0.148. The van der Waals surface area contributed by atoms with Gasteiger partial charge in [0.1, 0.15) is 11.4 Å². The number of benzene rings is 3. The van der Waals surface area contributed by atoms with Crippen molar-refractivity contribution in [2.45, 2.75) is 0 Å².